The maximum atomic E-state index is 14.0. The van der Waals surface area contributed by atoms with E-state index in [0.717, 1.165) is 22.7 Å². The number of carbonyl (C=O) groups excluding carboxylic acids is 1. The lowest BCUT2D eigenvalue weighted by molar-refractivity contribution is -0.117. The van der Waals surface area contributed by atoms with Crippen LogP contribution in [0.2, 0.25) is 0 Å². The third-order valence-electron chi connectivity index (χ3n) is 3.60. The van der Waals surface area contributed by atoms with Crippen LogP contribution in [0.4, 0.5) is 20.2 Å². The van der Waals surface area contributed by atoms with E-state index in [1.165, 1.54) is 24.3 Å². The van der Waals surface area contributed by atoms with Crippen LogP contribution < -0.4 is 9.62 Å². The average molecular weight is 447 g/mol. The van der Waals surface area contributed by atoms with Crippen LogP contribution in [0.3, 0.4) is 0 Å². The largest absolute Gasteiger partial charge is 0.322 e. The number of halogens is 3. The molecular weight excluding hydrogens is 430 g/mol. The van der Waals surface area contributed by atoms with E-state index in [2.05, 4.69) is 21.2 Å². The number of benzene rings is 2. The Bertz CT molecular complexity index is 905. The second kappa shape index (κ2) is 8.13. The van der Waals surface area contributed by atoms with Gasteiger partial charge in [0.05, 0.1) is 17.6 Å². The maximum absolute atomic E-state index is 14.0. The van der Waals surface area contributed by atoms with Gasteiger partial charge < -0.3 is 5.32 Å². The predicted octanol–water partition coefficient (Wildman–Crippen LogP) is 3.91. The minimum Gasteiger partial charge on any atom is -0.322 e. The lowest BCUT2D eigenvalue weighted by Gasteiger charge is -2.30. The molecule has 0 saturated carbocycles. The van der Waals surface area contributed by atoms with Gasteiger partial charge in [0.2, 0.25) is 15.9 Å². The summed E-state index contributed by atoms with van der Waals surface area (Å²) in [7, 11) is -3.85. The fraction of sp³-hybridized carbons (Fsp3) is 0.235. The minimum absolute atomic E-state index is 0.0655. The highest BCUT2D eigenvalue weighted by Gasteiger charge is 2.31. The summed E-state index contributed by atoms with van der Waals surface area (Å²) in [5.74, 6) is -1.88. The molecule has 0 aliphatic carbocycles. The van der Waals surface area contributed by atoms with Crippen LogP contribution in [0.25, 0.3) is 0 Å². The number of hydrogen-bond donors (Lipinski definition) is 1. The van der Waals surface area contributed by atoms with E-state index in [-0.39, 0.29) is 17.8 Å². The van der Waals surface area contributed by atoms with Crippen molar-refractivity contribution in [1.82, 2.24) is 0 Å². The Morgan fingerprint density at radius 2 is 1.81 bits per heavy atom. The van der Waals surface area contributed by atoms with Crippen molar-refractivity contribution in [2.45, 2.75) is 19.4 Å². The zero-order chi connectivity index (χ0) is 19.5. The lowest BCUT2D eigenvalue weighted by Crippen LogP contribution is -2.47. The molecule has 1 unspecified atom stereocenters. The Kier molecular flexibility index (Phi) is 6.35. The summed E-state index contributed by atoms with van der Waals surface area (Å²) in [6.07, 6.45) is 1.08. The molecule has 1 atom stereocenters. The lowest BCUT2D eigenvalue weighted by atomic mass is 10.1. The van der Waals surface area contributed by atoms with E-state index in [1.54, 1.807) is 13.0 Å². The Balaban J connectivity index is 2.38. The van der Waals surface area contributed by atoms with Crippen LogP contribution in [-0.2, 0) is 14.8 Å². The van der Waals surface area contributed by atoms with Gasteiger partial charge in [0, 0.05) is 4.47 Å². The first-order chi connectivity index (χ1) is 12.1. The number of nitrogens with zero attached hydrogens (tertiary/aromatic N) is 1. The molecule has 0 fully saturated rings. The molecular formula is C17H17BrF2N2O3S. The number of sulfonamides is 1. The van der Waals surface area contributed by atoms with Crippen LogP contribution in [0, 0.1) is 11.6 Å². The minimum atomic E-state index is -3.85. The molecule has 1 amide bonds. The molecule has 0 spiro atoms. The molecule has 0 aliphatic rings. The molecule has 5 nitrogen and oxygen atoms in total. The van der Waals surface area contributed by atoms with Crippen molar-refractivity contribution in [2.24, 2.45) is 0 Å². The smallest absolute Gasteiger partial charge is 0.248 e. The fourth-order valence-corrected chi connectivity index (χ4v) is 4.00. The van der Waals surface area contributed by atoms with Crippen molar-refractivity contribution in [2.75, 3.05) is 15.9 Å². The molecule has 2 rings (SSSR count). The highest BCUT2D eigenvalue weighted by atomic mass is 79.9. The van der Waals surface area contributed by atoms with Gasteiger partial charge in [-0.1, -0.05) is 22.9 Å². The summed E-state index contributed by atoms with van der Waals surface area (Å²) in [6.45, 7) is 1.63. The summed E-state index contributed by atoms with van der Waals surface area (Å²) in [5, 5.41) is 2.41. The summed E-state index contributed by atoms with van der Waals surface area (Å²) in [4.78, 5) is 12.6. The van der Waals surface area contributed by atoms with Gasteiger partial charge in [0.1, 0.15) is 17.7 Å². The molecule has 140 valence electrons. The number of anilines is 2. The van der Waals surface area contributed by atoms with Crippen LogP contribution in [0.1, 0.15) is 13.3 Å². The van der Waals surface area contributed by atoms with E-state index in [0.29, 0.717) is 4.47 Å². The highest BCUT2D eigenvalue weighted by Crippen LogP contribution is 2.25. The summed E-state index contributed by atoms with van der Waals surface area (Å²) in [6, 6.07) is 7.72. The van der Waals surface area contributed by atoms with Crippen molar-refractivity contribution in [3.8, 4) is 0 Å². The first-order valence-corrected chi connectivity index (χ1v) is 10.3. The monoisotopic (exact) mass is 446 g/mol. The molecule has 0 aliphatic heterocycles. The van der Waals surface area contributed by atoms with Crippen LogP contribution >= 0.6 is 15.9 Å². The third kappa shape index (κ3) is 4.79. The van der Waals surface area contributed by atoms with Gasteiger partial charge in [-0.25, -0.2) is 17.2 Å². The maximum Gasteiger partial charge on any atom is 0.248 e. The molecule has 1 N–H and O–H groups in total. The molecule has 2 aromatic rings. The Hall–Kier alpha value is -2.00. The topological polar surface area (TPSA) is 66.5 Å². The van der Waals surface area contributed by atoms with Gasteiger partial charge in [0.15, 0.2) is 0 Å². The number of hydrogen-bond acceptors (Lipinski definition) is 3. The van der Waals surface area contributed by atoms with E-state index in [9.17, 15) is 22.0 Å². The zero-order valence-electron chi connectivity index (χ0n) is 14.0. The number of nitrogens with one attached hydrogen (secondary N) is 1. The first kappa shape index (κ1) is 20.3. The van der Waals surface area contributed by atoms with Crippen molar-refractivity contribution in [3.63, 3.8) is 0 Å². The van der Waals surface area contributed by atoms with Crippen molar-refractivity contribution >= 4 is 43.2 Å². The van der Waals surface area contributed by atoms with E-state index in [1.807, 2.05) is 0 Å². The number of amides is 1. The van der Waals surface area contributed by atoms with Crippen molar-refractivity contribution in [3.05, 3.63) is 58.6 Å². The summed E-state index contributed by atoms with van der Waals surface area (Å²) in [5.41, 5.74) is 0.0800. The van der Waals surface area contributed by atoms with Crippen molar-refractivity contribution < 1.29 is 22.0 Å². The first-order valence-electron chi connectivity index (χ1n) is 7.64. The number of rotatable bonds is 6. The number of carbonyl (C=O) groups is 1. The van der Waals surface area contributed by atoms with E-state index < -0.39 is 33.6 Å². The van der Waals surface area contributed by atoms with Gasteiger partial charge >= 0.3 is 0 Å². The van der Waals surface area contributed by atoms with E-state index in [4.69, 9.17) is 0 Å². The SMILES string of the molecule is CCC(C(=O)Nc1ccc(Br)cc1F)N(c1ccc(F)cc1)S(C)(=O)=O. The summed E-state index contributed by atoms with van der Waals surface area (Å²) < 4.78 is 53.0. The quantitative estimate of drug-likeness (QED) is 0.731. The van der Waals surface area contributed by atoms with Crippen LogP contribution in [0.15, 0.2) is 46.9 Å². The molecule has 26 heavy (non-hydrogen) atoms. The Morgan fingerprint density at radius 1 is 1.19 bits per heavy atom. The average Bonchev–Trinajstić information content (AvgIpc) is 2.55. The van der Waals surface area contributed by atoms with Gasteiger partial charge in [-0.15, -0.1) is 0 Å². The third-order valence-corrected chi connectivity index (χ3v) is 5.27. The van der Waals surface area contributed by atoms with Crippen LogP contribution in [-0.4, -0.2) is 26.6 Å². The predicted molar refractivity (Wildman–Crippen MR) is 101 cm³/mol. The second-order valence-electron chi connectivity index (χ2n) is 5.57. The van der Waals surface area contributed by atoms with Crippen LogP contribution in [0.5, 0.6) is 0 Å². The zero-order valence-corrected chi connectivity index (χ0v) is 16.4. The molecule has 0 saturated heterocycles. The molecule has 0 heterocycles. The Labute approximate surface area is 159 Å². The van der Waals surface area contributed by atoms with Gasteiger partial charge in [-0.3, -0.25) is 9.10 Å². The van der Waals surface area contributed by atoms with Gasteiger partial charge in [0.25, 0.3) is 0 Å². The molecule has 2 aromatic carbocycles. The summed E-state index contributed by atoms with van der Waals surface area (Å²) >= 11 is 3.12. The normalized spacial score (nSPS) is 12.5. The van der Waals surface area contributed by atoms with Gasteiger partial charge in [-0.2, -0.15) is 0 Å². The molecule has 0 bridgehead atoms. The Morgan fingerprint density at radius 3 is 2.31 bits per heavy atom. The second-order valence-corrected chi connectivity index (χ2v) is 8.35. The van der Waals surface area contributed by atoms with Gasteiger partial charge in [-0.05, 0) is 48.9 Å². The van der Waals surface area contributed by atoms with E-state index >= 15 is 0 Å². The highest BCUT2D eigenvalue weighted by molar-refractivity contribution is 9.10. The fourth-order valence-electron chi connectivity index (χ4n) is 2.46. The molecule has 9 heteroatoms. The van der Waals surface area contributed by atoms with Crippen molar-refractivity contribution in [1.29, 1.82) is 0 Å². The molecule has 0 aromatic heterocycles. The standard InChI is InChI=1S/C17H17BrF2N2O3S/c1-3-16(17(23)21-15-9-4-11(18)10-14(15)20)22(26(2,24)25)13-7-5-12(19)6-8-13/h4-10,16H,3H2,1-2H3,(H,21,23). The molecule has 0 radical (unpaired) electrons.